The highest BCUT2D eigenvalue weighted by atomic mass is 32.1. The van der Waals surface area contributed by atoms with Gasteiger partial charge in [-0.15, -0.1) is 11.3 Å². The number of aromatic nitrogens is 3. The molecule has 22 heavy (non-hydrogen) atoms. The quantitative estimate of drug-likeness (QED) is 0.808. The lowest BCUT2D eigenvalue weighted by atomic mass is 10.0. The number of nitrogens with one attached hydrogen (secondary N) is 1. The Labute approximate surface area is 133 Å². The average molecular weight is 314 g/mol. The first-order valence-corrected chi connectivity index (χ1v) is 8.01. The number of hydrogen-bond donors (Lipinski definition) is 1. The molecule has 0 aliphatic rings. The molecule has 0 radical (unpaired) electrons. The number of nitrogens with zero attached hydrogens (tertiary/aromatic N) is 3. The smallest absolute Gasteiger partial charge is 0.262 e. The number of pyridine rings is 1. The zero-order valence-corrected chi connectivity index (χ0v) is 13.9. The molecule has 5 nitrogen and oxygen atoms in total. The van der Waals surface area contributed by atoms with Crippen LogP contribution < -0.4 is 5.32 Å². The molecule has 6 heteroatoms. The molecule has 0 saturated carbocycles. The Morgan fingerprint density at radius 3 is 2.82 bits per heavy atom. The third-order valence-electron chi connectivity index (χ3n) is 3.52. The van der Waals surface area contributed by atoms with Gasteiger partial charge in [0.05, 0.1) is 6.20 Å². The summed E-state index contributed by atoms with van der Waals surface area (Å²) < 4.78 is 1.75. The van der Waals surface area contributed by atoms with Crippen LogP contribution in [0.3, 0.4) is 0 Å². The lowest BCUT2D eigenvalue weighted by molar-refractivity contribution is 0.0960. The van der Waals surface area contributed by atoms with Crippen molar-refractivity contribution in [3.63, 3.8) is 0 Å². The summed E-state index contributed by atoms with van der Waals surface area (Å²) >= 11 is 1.44. The van der Waals surface area contributed by atoms with Gasteiger partial charge in [-0.25, -0.2) is 4.98 Å². The van der Waals surface area contributed by atoms with E-state index in [4.69, 9.17) is 0 Å². The maximum Gasteiger partial charge on any atom is 0.262 e. The summed E-state index contributed by atoms with van der Waals surface area (Å²) in [5.41, 5.74) is 3.98. The van der Waals surface area contributed by atoms with E-state index in [2.05, 4.69) is 28.4 Å². The third kappa shape index (κ3) is 2.39. The number of rotatable bonds is 3. The summed E-state index contributed by atoms with van der Waals surface area (Å²) in [5, 5.41) is 8.18. The number of hydrogen-bond acceptors (Lipinski definition) is 4. The summed E-state index contributed by atoms with van der Waals surface area (Å²) in [6.07, 6.45) is 3.73. The maximum atomic E-state index is 12.5. The van der Waals surface area contributed by atoms with E-state index in [0.29, 0.717) is 11.4 Å². The SMILES string of the molecule is CCNC(=O)c1sc2nc(C)cc(C)c2c1-c1cnn(C)c1. The molecule has 3 aromatic rings. The molecule has 0 aromatic carbocycles. The third-order valence-corrected chi connectivity index (χ3v) is 4.61. The number of amides is 1. The fourth-order valence-corrected chi connectivity index (χ4v) is 3.90. The highest BCUT2D eigenvalue weighted by Gasteiger charge is 2.22. The first-order chi connectivity index (χ1) is 10.5. The molecule has 0 saturated heterocycles. The second-order valence-corrected chi connectivity index (χ2v) is 6.33. The fourth-order valence-electron chi connectivity index (χ4n) is 2.67. The van der Waals surface area contributed by atoms with E-state index >= 15 is 0 Å². The zero-order valence-electron chi connectivity index (χ0n) is 13.1. The summed E-state index contributed by atoms with van der Waals surface area (Å²) in [7, 11) is 1.87. The van der Waals surface area contributed by atoms with Crippen LogP contribution in [0.25, 0.3) is 21.3 Å². The number of thiophene rings is 1. The minimum absolute atomic E-state index is 0.0543. The molecule has 1 N–H and O–H groups in total. The Kier molecular flexibility index (Phi) is 3.70. The van der Waals surface area contributed by atoms with Crippen LogP contribution >= 0.6 is 11.3 Å². The van der Waals surface area contributed by atoms with Crippen LogP contribution in [0, 0.1) is 13.8 Å². The number of carbonyl (C=O) groups excluding carboxylic acids is 1. The predicted octanol–water partition coefficient (Wildman–Crippen LogP) is 3.06. The van der Waals surface area contributed by atoms with Crippen LogP contribution in [0.1, 0.15) is 27.9 Å². The molecule has 114 valence electrons. The topological polar surface area (TPSA) is 59.8 Å². The van der Waals surface area contributed by atoms with Crippen molar-refractivity contribution in [2.45, 2.75) is 20.8 Å². The van der Waals surface area contributed by atoms with E-state index in [-0.39, 0.29) is 5.91 Å². The molecule has 0 atom stereocenters. The molecular weight excluding hydrogens is 296 g/mol. The first-order valence-electron chi connectivity index (χ1n) is 7.19. The van der Waals surface area contributed by atoms with Gasteiger partial charge in [-0.05, 0) is 32.4 Å². The van der Waals surface area contributed by atoms with Crippen LogP contribution in [0.2, 0.25) is 0 Å². The van der Waals surface area contributed by atoms with E-state index < -0.39 is 0 Å². The van der Waals surface area contributed by atoms with E-state index in [1.165, 1.54) is 11.3 Å². The van der Waals surface area contributed by atoms with Gasteiger partial charge in [-0.2, -0.15) is 5.10 Å². The molecule has 3 heterocycles. The van der Waals surface area contributed by atoms with Crippen molar-refractivity contribution in [3.8, 4) is 11.1 Å². The van der Waals surface area contributed by atoms with E-state index in [0.717, 1.165) is 32.6 Å². The molecule has 0 fully saturated rings. The lowest BCUT2D eigenvalue weighted by Crippen LogP contribution is -2.22. The van der Waals surface area contributed by atoms with Gasteiger partial charge >= 0.3 is 0 Å². The first kappa shape index (κ1) is 14.7. The van der Waals surface area contributed by atoms with Gasteiger partial charge in [-0.3, -0.25) is 9.48 Å². The average Bonchev–Trinajstić information content (AvgIpc) is 3.02. The molecule has 3 aromatic heterocycles. The number of aryl methyl sites for hydroxylation is 3. The van der Waals surface area contributed by atoms with Gasteiger partial charge in [0.2, 0.25) is 0 Å². The molecule has 0 aliphatic carbocycles. The van der Waals surface area contributed by atoms with Crippen molar-refractivity contribution < 1.29 is 4.79 Å². The highest BCUT2D eigenvalue weighted by molar-refractivity contribution is 7.21. The monoisotopic (exact) mass is 314 g/mol. The Morgan fingerprint density at radius 2 is 2.18 bits per heavy atom. The normalized spacial score (nSPS) is 11.1. The van der Waals surface area contributed by atoms with Crippen molar-refractivity contribution in [1.29, 1.82) is 0 Å². The van der Waals surface area contributed by atoms with Crippen molar-refractivity contribution >= 4 is 27.5 Å². The van der Waals surface area contributed by atoms with Gasteiger partial charge in [0.1, 0.15) is 9.71 Å². The Balaban J connectivity index is 2.34. The van der Waals surface area contributed by atoms with Gasteiger partial charge < -0.3 is 5.32 Å². The lowest BCUT2D eigenvalue weighted by Gasteiger charge is -2.04. The van der Waals surface area contributed by atoms with Crippen LogP contribution in [0.4, 0.5) is 0 Å². The van der Waals surface area contributed by atoms with Gasteiger partial charge in [-0.1, -0.05) is 0 Å². The number of fused-ring (bicyclic) bond motifs is 1. The second-order valence-electron chi connectivity index (χ2n) is 5.33. The minimum atomic E-state index is -0.0543. The molecule has 1 amide bonds. The van der Waals surface area contributed by atoms with Gasteiger partial charge in [0, 0.05) is 42.0 Å². The van der Waals surface area contributed by atoms with Crippen LogP contribution in [0.15, 0.2) is 18.5 Å². The van der Waals surface area contributed by atoms with E-state index in [9.17, 15) is 4.79 Å². The predicted molar refractivity (Wildman–Crippen MR) is 89.3 cm³/mol. The summed E-state index contributed by atoms with van der Waals surface area (Å²) in [4.78, 5) is 18.7. The van der Waals surface area contributed by atoms with Crippen LogP contribution in [0.5, 0.6) is 0 Å². The molecule has 0 bridgehead atoms. The molecule has 0 unspecified atom stereocenters. The Hall–Kier alpha value is -2.21. The van der Waals surface area contributed by atoms with E-state index in [1.807, 2.05) is 27.1 Å². The molecule has 0 aliphatic heterocycles. The molecule has 3 rings (SSSR count). The summed E-state index contributed by atoms with van der Waals surface area (Å²) in [6, 6.07) is 2.05. The van der Waals surface area contributed by atoms with Crippen molar-refractivity contribution in [1.82, 2.24) is 20.1 Å². The Morgan fingerprint density at radius 1 is 1.41 bits per heavy atom. The molecule has 0 spiro atoms. The van der Waals surface area contributed by atoms with Gasteiger partial charge in [0.25, 0.3) is 5.91 Å². The number of carbonyl (C=O) groups is 1. The standard InChI is InChI=1S/C16H18N4OS/c1-5-17-15(21)14-13(11-7-18-20(4)8-11)12-9(2)6-10(3)19-16(12)22-14/h6-8H,5H2,1-4H3,(H,17,21). The maximum absolute atomic E-state index is 12.5. The Bertz CT molecular complexity index is 863. The summed E-state index contributed by atoms with van der Waals surface area (Å²) in [6.45, 7) is 6.56. The van der Waals surface area contributed by atoms with Crippen LogP contribution in [-0.2, 0) is 7.05 Å². The largest absolute Gasteiger partial charge is 0.352 e. The van der Waals surface area contributed by atoms with Crippen molar-refractivity contribution in [3.05, 3.63) is 34.6 Å². The fraction of sp³-hybridized carbons (Fsp3) is 0.312. The summed E-state index contributed by atoms with van der Waals surface area (Å²) in [5.74, 6) is -0.0543. The highest BCUT2D eigenvalue weighted by Crippen LogP contribution is 2.39. The zero-order chi connectivity index (χ0) is 15.9. The minimum Gasteiger partial charge on any atom is -0.352 e. The van der Waals surface area contributed by atoms with E-state index in [1.54, 1.807) is 10.9 Å². The molecular formula is C16H18N4OS. The van der Waals surface area contributed by atoms with Crippen LogP contribution in [-0.4, -0.2) is 27.2 Å². The van der Waals surface area contributed by atoms with Gasteiger partial charge in [0.15, 0.2) is 0 Å². The van der Waals surface area contributed by atoms with Crippen molar-refractivity contribution in [2.24, 2.45) is 7.05 Å². The second kappa shape index (κ2) is 5.53. The van der Waals surface area contributed by atoms with Crippen molar-refractivity contribution in [2.75, 3.05) is 6.54 Å².